The van der Waals surface area contributed by atoms with E-state index >= 15 is 0 Å². The van der Waals surface area contributed by atoms with E-state index in [1.165, 1.54) is 4.88 Å². The van der Waals surface area contributed by atoms with Crippen LogP contribution in [0.25, 0.3) is 0 Å². The van der Waals surface area contributed by atoms with Gasteiger partial charge >= 0.3 is 0 Å². The molecule has 4 heteroatoms. The number of nitrogens with zero attached hydrogens (tertiary/aromatic N) is 1. The van der Waals surface area contributed by atoms with Crippen molar-refractivity contribution in [1.29, 1.82) is 0 Å². The maximum Gasteiger partial charge on any atom is 0.104 e. The molecule has 0 aliphatic carbocycles. The molecule has 0 aromatic carbocycles. The first-order chi connectivity index (χ1) is 7.76. The van der Waals surface area contributed by atoms with Gasteiger partial charge in [0, 0.05) is 25.1 Å². The molecule has 1 rings (SSSR count). The van der Waals surface area contributed by atoms with Crippen LogP contribution in [0, 0.1) is 11.8 Å². The van der Waals surface area contributed by atoms with E-state index in [4.69, 9.17) is 9.84 Å². The normalized spacial score (nSPS) is 10.2. The lowest BCUT2D eigenvalue weighted by Gasteiger charge is -2.14. The SMILES string of the molecule is COCCN(C)Cc1ccc(C#CCO)s1. The molecule has 0 aliphatic rings. The van der Waals surface area contributed by atoms with Crippen LogP contribution in [-0.4, -0.2) is 43.9 Å². The summed E-state index contributed by atoms with van der Waals surface area (Å²) in [6.07, 6.45) is 0. The average molecular weight is 239 g/mol. The smallest absolute Gasteiger partial charge is 0.104 e. The van der Waals surface area contributed by atoms with E-state index in [1.807, 2.05) is 6.07 Å². The van der Waals surface area contributed by atoms with Crippen LogP contribution in [-0.2, 0) is 11.3 Å². The van der Waals surface area contributed by atoms with E-state index in [0.717, 1.165) is 24.6 Å². The van der Waals surface area contributed by atoms with Gasteiger partial charge in [-0.2, -0.15) is 0 Å². The largest absolute Gasteiger partial charge is 0.384 e. The van der Waals surface area contributed by atoms with Gasteiger partial charge in [0.2, 0.25) is 0 Å². The number of hydrogen-bond donors (Lipinski definition) is 1. The van der Waals surface area contributed by atoms with E-state index in [2.05, 4.69) is 29.9 Å². The summed E-state index contributed by atoms with van der Waals surface area (Å²) >= 11 is 1.67. The molecule has 88 valence electrons. The molecular weight excluding hydrogens is 222 g/mol. The fourth-order valence-corrected chi connectivity index (χ4v) is 2.21. The number of rotatable bonds is 5. The van der Waals surface area contributed by atoms with Crippen molar-refractivity contribution in [3.63, 3.8) is 0 Å². The Balaban J connectivity index is 2.45. The van der Waals surface area contributed by atoms with Gasteiger partial charge in [-0.15, -0.1) is 11.3 Å². The Kier molecular flexibility index (Phi) is 6.12. The Labute approximate surface area is 101 Å². The molecule has 3 nitrogen and oxygen atoms in total. The van der Waals surface area contributed by atoms with Crippen LogP contribution in [0.2, 0.25) is 0 Å². The summed E-state index contributed by atoms with van der Waals surface area (Å²) < 4.78 is 5.02. The minimum Gasteiger partial charge on any atom is -0.384 e. The number of ether oxygens (including phenoxy) is 1. The van der Waals surface area contributed by atoms with E-state index in [-0.39, 0.29) is 6.61 Å². The van der Waals surface area contributed by atoms with Crippen molar-refractivity contribution in [2.24, 2.45) is 0 Å². The Morgan fingerprint density at radius 2 is 2.31 bits per heavy atom. The van der Waals surface area contributed by atoms with Crippen molar-refractivity contribution in [3.05, 3.63) is 21.9 Å². The molecule has 0 spiro atoms. The van der Waals surface area contributed by atoms with Gasteiger partial charge in [0.1, 0.15) is 6.61 Å². The summed E-state index contributed by atoms with van der Waals surface area (Å²) in [4.78, 5) is 4.49. The number of likely N-dealkylation sites (N-methyl/N-ethyl adjacent to an activating group) is 1. The molecule has 0 unspecified atom stereocenters. The summed E-state index contributed by atoms with van der Waals surface area (Å²) in [5, 5.41) is 8.59. The summed E-state index contributed by atoms with van der Waals surface area (Å²) in [6, 6.07) is 4.07. The average Bonchev–Trinajstić information content (AvgIpc) is 2.71. The zero-order chi connectivity index (χ0) is 11.8. The van der Waals surface area contributed by atoms with Crippen LogP contribution in [0.4, 0.5) is 0 Å². The van der Waals surface area contributed by atoms with Crippen LogP contribution in [0.1, 0.15) is 9.75 Å². The van der Waals surface area contributed by atoms with Crippen LogP contribution >= 0.6 is 11.3 Å². The lowest BCUT2D eigenvalue weighted by atomic mass is 10.4. The van der Waals surface area contributed by atoms with Gasteiger partial charge < -0.3 is 9.84 Å². The Hall–Kier alpha value is -0.860. The van der Waals surface area contributed by atoms with Crippen molar-refractivity contribution in [2.45, 2.75) is 6.54 Å². The van der Waals surface area contributed by atoms with Gasteiger partial charge in [-0.3, -0.25) is 4.90 Å². The predicted octanol–water partition coefficient (Wildman–Crippen LogP) is 1.17. The summed E-state index contributed by atoms with van der Waals surface area (Å²) in [5.74, 6) is 5.55. The quantitative estimate of drug-likeness (QED) is 0.783. The number of thiophene rings is 1. The number of hydrogen-bond acceptors (Lipinski definition) is 4. The highest BCUT2D eigenvalue weighted by Gasteiger charge is 2.02. The summed E-state index contributed by atoms with van der Waals surface area (Å²) in [6.45, 7) is 2.50. The van der Waals surface area contributed by atoms with Gasteiger partial charge in [0.15, 0.2) is 0 Å². The van der Waals surface area contributed by atoms with Crippen LogP contribution < -0.4 is 0 Å². The maximum absolute atomic E-state index is 8.59. The van der Waals surface area contributed by atoms with E-state index in [9.17, 15) is 0 Å². The molecule has 0 amide bonds. The van der Waals surface area contributed by atoms with Gasteiger partial charge in [-0.05, 0) is 19.2 Å². The third-order valence-corrected chi connectivity index (χ3v) is 3.04. The molecule has 1 aromatic rings. The van der Waals surface area contributed by atoms with Crippen molar-refractivity contribution < 1.29 is 9.84 Å². The van der Waals surface area contributed by atoms with Crippen LogP contribution in [0.3, 0.4) is 0 Å². The first-order valence-corrected chi connectivity index (χ1v) is 5.94. The highest BCUT2D eigenvalue weighted by molar-refractivity contribution is 7.12. The molecule has 0 fully saturated rings. The number of methoxy groups -OCH3 is 1. The lowest BCUT2D eigenvalue weighted by Crippen LogP contribution is -2.21. The van der Waals surface area contributed by atoms with Gasteiger partial charge in [-0.1, -0.05) is 11.8 Å². The first-order valence-electron chi connectivity index (χ1n) is 5.12. The molecule has 0 saturated carbocycles. The third kappa shape index (κ3) is 4.77. The highest BCUT2D eigenvalue weighted by atomic mass is 32.1. The van der Waals surface area contributed by atoms with Gasteiger partial charge in [0.25, 0.3) is 0 Å². The molecule has 16 heavy (non-hydrogen) atoms. The van der Waals surface area contributed by atoms with Crippen molar-refractivity contribution in [1.82, 2.24) is 4.90 Å². The van der Waals surface area contributed by atoms with Crippen LogP contribution in [0.5, 0.6) is 0 Å². The standard InChI is InChI=1S/C12H17NO2S/c1-13(7-9-15-2)10-12-6-5-11(16-12)4-3-8-14/h5-6,14H,7-10H2,1-2H3. The second-order valence-corrected chi connectivity index (χ2v) is 4.62. The maximum atomic E-state index is 8.59. The third-order valence-electron chi connectivity index (χ3n) is 2.06. The van der Waals surface area contributed by atoms with Crippen molar-refractivity contribution in [2.75, 3.05) is 33.9 Å². The zero-order valence-electron chi connectivity index (χ0n) is 9.69. The zero-order valence-corrected chi connectivity index (χ0v) is 10.5. The molecule has 0 atom stereocenters. The van der Waals surface area contributed by atoms with Crippen LogP contribution in [0.15, 0.2) is 12.1 Å². The fraction of sp³-hybridized carbons (Fsp3) is 0.500. The van der Waals surface area contributed by atoms with Crippen molar-refractivity contribution >= 4 is 11.3 Å². The van der Waals surface area contributed by atoms with Gasteiger partial charge in [-0.25, -0.2) is 0 Å². The lowest BCUT2D eigenvalue weighted by molar-refractivity contribution is 0.159. The van der Waals surface area contributed by atoms with E-state index < -0.39 is 0 Å². The van der Waals surface area contributed by atoms with E-state index in [1.54, 1.807) is 18.4 Å². The summed E-state index contributed by atoms with van der Waals surface area (Å²) in [7, 11) is 3.78. The highest BCUT2D eigenvalue weighted by Crippen LogP contribution is 2.16. The second kappa shape index (κ2) is 7.42. The molecule has 0 aliphatic heterocycles. The van der Waals surface area contributed by atoms with E-state index in [0.29, 0.717) is 0 Å². The first kappa shape index (κ1) is 13.2. The topological polar surface area (TPSA) is 32.7 Å². The monoisotopic (exact) mass is 239 g/mol. The number of aliphatic hydroxyl groups excluding tert-OH is 1. The second-order valence-electron chi connectivity index (χ2n) is 3.46. The Bertz CT molecular complexity index is 365. The molecule has 0 radical (unpaired) electrons. The number of aliphatic hydroxyl groups is 1. The fourth-order valence-electron chi connectivity index (χ4n) is 1.25. The predicted molar refractivity (Wildman–Crippen MR) is 66.5 cm³/mol. The molecule has 1 N–H and O–H groups in total. The van der Waals surface area contributed by atoms with Gasteiger partial charge in [0.05, 0.1) is 11.5 Å². The minimum atomic E-state index is -0.0824. The molecule has 0 bridgehead atoms. The Morgan fingerprint density at radius 1 is 1.50 bits per heavy atom. The summed E-state index contributed by atoms with van der Waals surface area (Å²) in [5.41, 5.74) is 0. The molecule has 1 aromatic heterocycles. The van der Waals surface area contributed by atoms with Crippen molar-refractivity contribution in [3.8, 4) is 11.8 Å². The molecular formula is C12H17NO2S. The molecule has 0 saturated heterocycles. The molecule has 1 heterocycles. The Morgan fingerprint density at radius 3 is 3.00 bits per heavy atom. The minimum absolute atomic E-state index is 0.0824.